The van der Waals surface area contributed by atoms with Crippen molar-refractivity contribution in [2.45, 2.75) is 13.8 Å². The van der Waals surface area contributed by atoms with Gasteiger partial charge in [0.15, 0.2) is 0 Å². The maximum absolute atomic E-state index is 12.6. The van der Waals surface area contributed by atoms with Crippen molar-refractivity contribution >= 4 is 17.6 Å². The molecule has 0 fully saturated rings. The zero-order valence-electron chi connectivity index (χ0n) is 13.3. The van der Waals surface area contributed by atoms with Crippen LogP contribution in [0.25, 0.3) is 0 Å². The molecule has 1 aromatic carbocycles. The Hall–Kier alpha value is -2.48. The Bertz CT molecular complexity index is 567. The fourth-order valence-corrected chi connectivity index (χ4v) is 2.06. The molecule has 0 heterocycles. The molecule has 0 atom stereocenters. The number of benzene rings is 1. The number of amides is 1. The largest absolute Gasteiger partial charge is 0.478 e. The summed E-state index contributed by atoms with van der Waals surface area (Å²) in [6.45, 7) is 4.94. The zero-order valence-corrected chi connectivity index (χ0v) is 13.3. The van der Waals surface area contributed by atoms with Gasteiger partial charge in [0, 0.05) is 37.9 Å². The van der Waals surface area contributed by atoms with Gasteiger partial charge in [-0.25, -0.2) is 4.79 Å². The second-order valence-corrected chi connectivity index (χ2v) is 5.47. The number of hydrogen-bond donors (Lipinski definition) is 1. The molecule has 1 rings (SSSR count). The van der Waals surface area contributed by atoms with Crippen LogP contribution in [-0.2, 0) is 4.74 Å². The van der Waals surface area contributed by atoms with Crippen LogP contribution >= 0.6 is 0 Å². The van der Waals surface area contributed by atoms with Crippen molar-refractivity contribution < 1.29 is 24.4 Å². The molecule has 8 nitrogen and oxygen atoms in total. The van der Waals surface area contributed by atoms with Crippen LogP contribution in [0.2, 0.25) is 0 Å². The molecule has 1 aromatic rings. The summed E-state index contributed by atoms with van der Waals surface area (Å²) in [5.74, 6) is -1.59. The average Bonchev–Trinajstić information content (AvgIpc) is 2.49. The fourth-order valence-electron chi connectivity index (χ4n) is 2.06. The summed E-state index contributed by atoms with van der Waals surface area (Å²) in [5, 5.41) is 20.0. The minimum absolute atomic E-state index is 0.0200. The van der Waals surface area contributed by atoms with Crippen LogP contribution < -0.4 is 0 Å². The molecule has 1 amide bonds. The van der Waals surface area contributed by atoms with Crippen molar-refractivity contribution in [2.75, 3.05) is 26.8 Å². The Morgan fingerprint density at radius 1 is 1.30 bits per heavy atom. The summed E-state index contributed by atoms with van der Waals surface area (Å²) in [6.07, 6.45) is 0. The number of carboxylic acids is 1. The van der Waals surface area contributed by atoms with Crippen LogP contribution in [0.5, 0.6) is 0 Å². The third-order valence-corrected chi connectivity index (χ3v) is 3.06. The summed E-state index contributed by atoms with van der Waals surface area (Å²) in [5.41, 5.74) is -0.739. The van der Waals surface area contributed by atoms with E-state index in [1.807, 2.05) is 13.8 Å². The van der Waals surface area contributed by atoms with E-state index in [1.165, 1.54) is 12.0 Å². The van der Waals surface area contributed by atoms with Gasteiger partial charge >= 0.3 is 5.97 Å². The third-order valence-electron chi connectivity index (χ3n) is 3.06. The molecule has 0 bridgehead atoms. The molecule has 0 radical (unpaired) electrons. The number of hydrogen-bond acceptors (Lipinski definition) is 5. The minimum Gasteiger partial charge on any atom is -0.478 e. The quantitative estimate of drug-likeness (QED) is 0.579. The summed E-state index contributed by atoms with van der Waals surface area (Å²) in [7, 11) is 1.51. The van der Waals surface area contributed by atoms with Crippen molar-refractivity contribution in [3.8, 4) is 0 Å². The number of aromatic carboxylic acids is 1. The molecule has 0 unspecified atom stereocenters. The SMILES string of the molecule is COCCN(CC(C)C)C(=O)c1cc(C(=O)O)cc([N+](=O)[O-])c1. The van der Waals surface area contributed by atoms with Gasteiger partial charge < -0.3 is 14.7 Å². The predicted octanol–water partition coefficient (Wildman–Crippen LogP) is 2.04. The van der Waals surface area contributed by atoms with Gasteiger partial charge in [0.1, 0.15) is 0 Å². The van der Waals surface area contributed by atoms with Gasteiger partial charge in [-0.1, -0.05) is 13.8 Å². The van der Waals surface area contributed by atoms with Crippen LogP contribution in [0.15, 0.2) is 18.2 Å². The molecule has 0 aliphatic carbocycles. The number of carbonyl (C=O) groups excluding carboxylic acids is 1. The lowest BCUT2D eigenvalue weighted by atomic mass is 10.1. The normalized spacial score (nSPS) is 10.6. The van der Waals surface area contributed by atoms with E-state index < -0.39 is 22.5 Å². The highest BCUT2D eigenvalue weighted by Gasteiger charge is 2.22. The summed E-state index contributed by atoms with van der Waals surface area (Å²) < 4.78 is 4.97. The number of carbonyl (C=O) groups is 2. The number of nitro benzene ring substituents is 1. The highest BCUT2D eigenvalue weighted by Crippen LogP contribution is 2.19. The van der Waals surface area contributed by atoms with Crippen molar-refractivity contribution in [3.05, 3.63) is 39.4 Å². The molecule has 0 saturated carbocycles. The van der Waals surface area contributed by atoms with Gasteiger partial charge in [-0.15, -0.1) is 0 Å². The summed E-state index contributed by atoms with van der Waals surface area (Å²) >= 11 is 0. The highest BCUT2D eigenvalue weighted by molar-refractivity contribution is 5.98. The van der Waals surface area contributed by atoms with E-state index in [-0.39, 0.29) is 17.0 Å². The number of nitrogens with zero attached hydrogens (tertiary/aromatic N) is 2. The van der Waals surface area contributed by atoms with Crippen LogP contribution in [0.4, 0.5) is 5.69 Å². The van der Waals surface area contributed by atoms with Gasteiger partial charge in [0.05, 0.1) is 17.1 Å². The molecule has 0 aliphatic rings. The molecule has 0 saturated heterocycles. The molecule has 1 N–H and O–H groups in total. The van der Waals surface area contributed by atoms with E-state index in [1.54, 1.807) is 0 Å². The van der Waals surface area contributed by atoms with Crippen molar-refractivity contribution in [1.29, 1.82) is 0 Å². The number of rotatable bonds is 8. The van der Waals surface area contributed by atoms with Crippen LogP contribution in [0.3, 0.4) is 0 Å². The Morgan fingerprint density at radius 2 is 1.91 bits per heavy atom. The molecule has 23 heavy (non-hydrogen) atoms. The monoisotopic (exact) mass is 324 g/mol. The first-order chi connectivity index (χ1) is 10.8. The van der Waals surface area contributed by atoms with Gasteiger partial charge in [0.2, 0.25) is 0 Å². The van der Waals surface area contributed by atoms with Crippen molar-refractivity contribution in [2.24, 2.45) is 5.92 Å². The van der Waals surface area contributed by atoms with Crippen LogP contribution in [0, 0.1) is 16.0 Å². The standard InChI is InChI=1S/C15H20N2O6/c1-10(2)9-16(4-5-23-3)14(18)11-6-12(15(19)20)8-13(7-11)17(21)22/h6-8,10H,4-5,9H2,1-3H3,(H,19,20). The van der Waals surface area contributed by atoms with Gasteiger partial charge in [-0.2, -0.15) is 0 Å². The van der Waals surface area contributed by atoms with E-state index in [9.17, 15) is 19.7 Å². The minimum atomic E-state index is -1.32. The van der Waals surface area contributed by atoms with Gasteiger partial charge in [0.25, 0.3) is 11.6 Å². The maximum Gasteiger partial charge on any atom is 0.335 e. The summed E-state index contributed by atoms with van der Waals surface area (Å²) in [4.78, 5) is 35.4. The maximum atomic E-state index is 12.6. The molecule has 8 heteroatoms. The number of nitro groups is 1. The first-order valence-corrected chi connectivity index (χ1v) is 7.07. The second kappa shape index (κ2) is 8.23. The Morgan fingerprint density at radius 3 is 2.39 bits per heavy atom. The number of non-ortho nitro benzene ring substituents is 1. The van der Waals surface area contributed by atoms with Crippen LogP contribution in [-0.4, -0.2) is 53.6 Å². The highest BCUT2D eigenvalue weighted by atomic mass is 16.6. The predicted molar refractivity (Wildman–Crippen MR) is 82.7 cm³/mol. The smallest absolute Gasteiger partial charge is 0.335 e. The topological polar surface area (TPSA) is 110 Å². The molecule has 0 aromatic heterocycles. The lowest BCUT2D eigenvalue weighted by Crippen LogP contribution is -2.36. The van der Waals surface area contributed by atoms with E-state index in [0.29, 0.717) is 19.7 Å². The molecular formula is C15H20N2O6. The number of carboxylic acid groups (broad SMARTS) is 1. The first-order valence-electron chi connectivity index (χ1n) is 7.07. The second-order valence-electron chi connectivity index (χ2n) is 5.47. The lowest BCUT2D eigenvalue weighted by molar-refractivity contribution is -0.384. The van der Waals surface area contributed by atoms with E-state index in [2.05, 4.69) is 0 Å². The Kier molecular flexibility index (Phi) is 6.65. The number of methoxy groups -OCH3 is 1. The number of ether oxygens (including phenoxy) is 1. The molecule has 0 aliphatic heterocycles. The van der Waals surface area contributed by atoms with E-state index in [0.717, 1.165) is 18.2 Å². The summed E-state index contributed by atoms with van der Waals surface area (Å²) in [6, 6.07) is 3.17. The van der Waals surface area contributed by atoms with Gasteiger partial charge in [-0.3, -0.25) is 14.9 Å². The van der Waals surface area contributed by atoms with Gasteiger partial charge in [-0.05, 0) is 12.0 Å². The zero-order chi connectivity index (χ0) is 17.6. The Labute approximate surface area is 133 Å². The van der Waals surface area contributed by atoms with Crippen molar-refractivity contribution in [3.63, 3.8) is 0 Å². The van der Waals surface area contributed by atoms with E-state index in [4.69, 9.17) is 9.84 Å². The molecule has 0 spiro atoms. The Balaban J connectivity index is 3.21. The lowest BCUT2D eigenvalue weighted by Gasteiger charge is -2.24. The van der Waals surface area contributed by atoms with E-state index >= 15 is 0 Å². The van der Waals surface area contributed by atoms with Crippen molar-refractivity contribution in [1.82, 2.24) is 4.90 Å². The third kappa shape index (κ3) is 5.33. The average molecular weight is 324 g/mol. The van der Waals surface area contributed by atoms with Crippen LogP contribution in [0.1, 0.15) is 34.6 Å². The first kappa shape index (κ1) is 18.6. The molecular weight excluding hydrogens is 304 g/mol. The fraction of sp³-hybridized carbons (Fsp3) is 0.467. The molecule has 126 valence electrons.